The standard InChI is InChI=1S/C7H12ClNO/c1-5(8)6-9-7(2,3)4-10-6/h5H,4H2,1-3H3. The van der Waals surface area contributed by atoms with E-state index in [0.717, 1.165) is 0 Å². The maximum absolute atomic E-state index is 5.76. The van der Waals surface area contributed by atoms with Crippen LogP contribution in [0.15, 0.2) is 4.99 Å². The van der Waals surface area contributed by atoms with Crippen molar-refractivity contribution in [1.82, 2.24) is 0 Å². The summed E-state index contributed by atoms with van der Waals surface area (Å²) >= 11 is 5.76. The summed E-state index contributed by atoms with van der Waals surface area (Å²) in [6.07, 6.45) is 0. The SMILES string of the molecule is CC(Cl)C1=NC(C)(C)CO1. The molecule has 1 aliphatic heterocycles. The molecule has 0 saturated heterocycles. The minimum atomic E-state index is -0.0956. The summed E-state index contributed by atoms with van der Waals surface area (Å²) < 4.78 is 5.25. The molecule has 10 heavy (non-hydrogen) atoms. The van der Waals surface area contributed by atoms with Crippen molar-refractivity contribution in [3.8, 4) is 0 Å². The molecule has 0 spiro atoms. The first kappa shape index (κ1) is 7.86. The molecular weight excluding hydrogens is 150 g/mol. The minimum Gasteiger partial charge on any atom is -0.477 e. The van der Waals surface area contributed by atoms with E-state index in [1.54, 1.807) is 0 Å². The zero-order chi connectivity index (χ0) is 7.78. The van der Waals surface area contributed by atoms with Crippen LogP contribution in [0.5, 0.6) is 0 Å². The predicted octanol–water partition coefficient (Wildman–Crippen LogP) is 1.82. The Balaban J connectivity index is 2.66. The number of hydrogen-bond donors (Lipinski definition) is 0. The van der Waals surface area contributed by atoms with Gasteiger partial charge < -0.3 is 4.74 Å². The van der Waals surface area contributed by atoms with Crippen molar-refractivity contribution < 1.29 is 4.74 Å². The molecule has 58 valence electrons. The van der Waals surface area contributed by atoms with Crippen LogP contribution in [0.1, 0.15) is 20.8 Å². The van der Waals surface area contributed by atoms with Crippen molar-refractivity contribution in [2.45, 2.75) is 31.7 Å². The molecule has 0 radical (unpaired) electrons. The zero-order valence-corrected chi connectivity index (χ0v) is 7.27. The number of nitrogens with zero attached hydrogens (tertiary/aromatic N) is 1. The van der Waals surface area contributed by atoms with Crippen LogP contribution in [0.25, 0.3) is 0 Å². The second kappa shape index (κ2) is 2.42. The molecule has 3 heteroatoms. The van der Waals surface area contributed by atoms with Gasteiger partial charge in [0.05, 0.1) is 5.54 Å². The van der Waals surface area contributed by atoms with Gasteiger partial charge in [-0.3, -0.25) is 0 Å². The van der Waals surface area contributed by atoms with Gasteiger partial charge in [0.1, 0.15) is 12.0 Å². The second-order valence-electron chi connectivity index (χ2n) is 3.17. The lowest BCUT2D eigenvalue weighted by Gasteiger charge is -2.07. The van der Waals surface area contributed by atoms with Crippen LogP contribution in [0.2, 0.25) is 0 Å². The Morgan fingerprint density at radius 3 is 2.50 bits per heavy atom. The van der Waals surface area contributed by atoms with Crippen LogP contribution in [-0.2, 0) is 4.74 Å². The molecule has 2 nitrogen and oxygen atoms in total. The summed E-state index contributed by atoms with van der Waals surface area (Å²) in [7, 11) is 0. The van der Waals surface area contributed by atoms with E-state index in [1.165, 1.54) is 0 Å². The van der Waals surface area contributed by atoms with Crippen LogP contribution < -0.4 is 0 Å². The molecule has 0 aliphatic carbocycles. The van der Waals surface area contributed by atoms with E-state index in [-0.39, 0.29) is 10.9 Å². The lowest BCUT2D eigenvalue weighted by Crippen LogP contribution is -2.17. The first-order valence-corrected chi connectivity index (χ1v) is 3.81. The highest BCUT2D eigenvalue weighted by atomic mass is 35.5. The summed E-state index contributed by atoms with van der Waals surface area (Å²) in [6.45, 7) is 6.57. The van der Waals surface area contributed by atoms with Crippen LogP contribution >= 0.6 is 11.6 Å². The Labute approximate surface area is 66.2 Å². The molecular formula is C7H12ClNO. The molecule has 0 fully saturated rings. The summed E-state index contributed by atoms with van der Waals surface area (Å²) in [5, 5.41) is -0.0956. The van der Waals surface area contributed by atoms with Crippen molar-refractivity contribution in [3.63, 3.8) is 0 Å². The van der Waals surface area contributed by atoms with E-state index in [0.29, 0.717) is 12.5 Å². The van der Waals surface area contributed by atoms with Crippen molar-refractivity contribution in [2.24, 2.45) is 4.99 Å². The number of ether oxygens (including phenoxy) is 1. The van der Waals surface area contributed by atoms with Gasteiger partial charge in [0.25, 0.3) is 0 Å². The third-order valence-corrected chi connectivity index (χ3v) is 1.51. The highest BCUT2D eigenvalue weighted by Crippen LogP contribution is 2.19. The molecule has 1 aliphatic rings. The van der Waals surface area contributed by atoms with E-state index < -0.39 is 0 Å². The highest BCUT2D eigenvalue weighted by Gasteiger charge is 2.27. The van der Waals surface area contributed by atoms with Gasteiger partial charge >= 0.3 is 0 Å². The fraction of sp³-hybridized carbons (Fsp3) is 0.857. The van der Waals surface area contributed by atoms with Crippen molar-refractivity contribution in [2.75, 3.05) is 6.61 Å². The van der Waals surface area contributed by atoms with E-state index in [2.05, 4.69) is 4.99 Å². The fourth-order valence-corrected chi connectivity index (χ4v) is 0.929. The topological polar surface area (TPSA) is 21.6 Å². The smallest absolute Gasteiger partial charge is 0.202 e. The maximum Gasteiger partial charge on any atom is 0.202 e. The number of aliphatic imine (C=N–C) groups is 1. The van der Waals surface area contributed by atoms with Gasteiger partial charge in [0.15, 0.2) is 0 Å². The van der Waals surface area contributed by atoms with Gasteiger partial charge in [0.2, 0.25) is 5.90 Å². The highest BCUT2D eigenvalue weighted by molar-refractivity contribution is 6.30. The second-order valence-corrected chi connectivity index (χ2v) is 3.82. The van der Waals surface area contributed by atoms with Gasteiger partial charge in [-0.2, -0.15) is 0 Å². The fourth-order valence-electron chi connectivity index (χ4n) is 0.817. The van der Waals surface area contributed by atoms with E-state index in [1.807, 2.05) is 20.8 Å². The van der Waals surface area contributed by atoms with Gasteiger partial charge in [-0.1, -0.05) is 0 Å². The third-order valence-electron chi connectivity index (χ3n) is 1.33. The summed E-state index contributed by atoms with van der Waals surface area (Å²) in [4.78, 5) is 4.28. The molecule has 0 aromatic rings. The van der Waals surface area contributed by atoms with Crippen LogP contribution in [-0.4, -0.2) is 23.4 Å². The first-order chi connectivity index (χ1) is 4.51. The van der Waals surface area contributed by atoms with E-state index in [9.17, 15) is 0 Å². The minimum absolute atomic E-state index is 0.0709. The maximum atomic E-state index is 5.76. The Hall–Kier alpha value is -0.240. The molecule has 1 rings (SSSR count). The lowest BCUT2D eigenvalue weighted by molar-refractivity contribution is 0.275. The molecule has 0 saturated carbocycles. The van der Waals surface area contributed by atoms with Gasteiger partial charge in [-0.05, 0) is 20.8 Å². The summed E-state index contributed by atoms with van der Waals surface area (Å²) in [6, 6.07) is 0. The predicted molar refractivity (Wildman–Crippen MR) is 42.8 cm³/mol. The molecule has 0 aromatic carbocycles. The number of alkyl halides is 1. The first-order valence-electron chi connectivity index (χ1n) is 3.38. The average Bonchev–Trinajstić information content (AvgIpc) is 2.10. The monoisotopic (exact) mass is 161 g/mol. The number of rotatable bonds is 1. The quantitative estimate of drug-likeness (QED) is 0.538. The summed E-state index contributed by atoms with van der Waals surface area (Å²) in [5.41, 5.74) is -0.0709. The molecule has 0 bridgehead atoms. The Kier molecular flexibility index (Phi) is 1.90. The molecule has 0 aromatic heterocycles. The van der Waals surface area contributed by atoms with Crippen LogP contribution in [0.4, 0.5) is 0 Å². The molecule has 1 heterocycles. The van der Waals surface area contributed by atoms with Gasteiger partial charge in [-0.25, -0.2) is 4.99 Å². The molecule has 1 atom stereocenters. The third kappa shape index (κ3) is 1.63. The van der Waals surface area contributed by atoms with Crippen LogP contribution in [0.3, 0.4) is 0 Å². The van der Waals surface area contributed by atoms with E-state index >= 15 is 0 Å². The molecule has 0 amide bonds. The number of halogens is 1. The van der Waals surface area contributed by atoms with Gasteiger partial charge in [0, 0.05) is 0 Å². The lowest BCUT2D eigenvalue weighted by atomic mass is 10.1. The van der Waals surface area contributed by atoms with Crippen molar-refractivity contribution >= 4 is 17.5 Å². The van der Waals surface area contributed by atoms with Crippen molar-refractivity contribution in [3.05, 3.63) is 0 Å². The normalized spacial score (nSPS) is 25.4. The van der Waals surface area contributed by atoms with Crippen LogP contribution in [0, 0.1) is 0 Å². The molecule has 1 unspecified atom stereocenters. The van der Waals surface area contributed by atoms with Crippen molar-refractivity contribution in [1.29, 1.82) is 0 Å². The number of hydrogen-bond acceptors (Lipinski definition) is 2. The van der Waals surface area contributed by atoms with E-state index in [4.69, 9.17) is 16.3 Å². The Bertz CT molecular complexity index is 163. The summed E-state index contributed by atoms with van der Waals surface area (Å²) in [5.74, 6) is 0.673. The van der Waals surface area contributed by atoms with Gasteiger partial charge in [-0.15, -0.1) is 11.6 Å². The Morgan fingerprint density at radius 2 is 2.30 bits per heavy atom. The largest absolute Gasteiger partial charge is 0.477 e. The zero-order valence-electron chi connectivity index (χ0n) is 6.52. The molecule has 0 N–H and O–H groups in total. The Morgan fingerprint density at radius 1 is 1.70 bits per heavy atom. The average molecular weight is 162 g/mol.